The number of nitrogens with zero attached hydrogens (tertiary/aromatic N) is 1. The molecule has 2 heterocycles. The molecular formula is C13H15N3O3S. The average molecular weight is 293 g/mol. The van der Waals surface area contributed by atoms with Crippen molar-refractivity contribution < 1.29 is 13.2 Å². The summed E-state index contributed by atoms with van der Waals surface area (Å²) >= 11 is 0. The van der Waals surface area contributed by atoms with Gasteiger partial charge < -0.3 is 10.3 Å². The molecular weight excluding hydrogens is 278 g/mol. The molecule has 0 saturated carbocycles. The van der Waals surface area contributed by atoms with Gasteiger partial charge in [0.15, 0.2) is 9.84 Å². The first-order valence-corrected chi connectivity index (χ1v) is 8.15. The normalized spacial score (nSPS) is 24.9. The fourth-order valence-corrected chi connectivity index (χ4v) is 4.63. The van der Waals surface area contributed by atoms with Crippen molar-refractivity contribution in [2.75, 3.05) is 11.5 Å². The molecule has 1 amide bonds. The lowest BCUT2D eigenvalue weighted by Crippen LogP contribution is -2.46. The van der Waals surface area contributed by atoms with E-state index in [-0.39, 0.29) is 17.4 Å². The van der Waals surface area contributed by atoms with Crippen LogP contribution in [0.2, 0.25) is 0 Å². The fourth-order valence-electron chi connectivity index (χ4n) is 2.53. The fraction of sp³-hybridized carbons (Fsp3) is 0.385. The lowest BCUT2D eigenvalue weighted by molar-refractivity contribution is 0.0915. The minimum Gasteiger partial charge on any atom is -0.346 e. The number of hydrogen-bond donors (Lipinski definition) is 2. The van der Waals surface area contributed by atoms with Crippen LogP contribution in [0.25, 0.3) is 11.0 Å². The second-order valence-corrected chi connectivity index (χ2v) is 7.68. The summed E-state index contributed by atoms with van der Waals surface area (Å²) in [6, 6.07) is 5.16. The third-order valence-electron chi connectivity index (χ3n) is 3.60. The number of benzene rings is 1. The smallest absolute Gasteiger partial charge is 0.251 e. The second-order valence-electron chi connectivity index (χ2n) is 5.49. The number of sulfone groups is 1. The number of fused-ring (bicyclic) bond motifs is 1. The molecule has 0 spiro atoms. The molecule has 1 aromatic carbocycles. The molecule has 0 radical (unpaired) electrons. The van der Waals surface area contributed by atoms with Gasteiger partial charge in [-0.25, -0.2) is 13.4 Å². The highest BCUT2D eigenvalue weighted by Gasteiger charge is 2.39. The van der Waals surface area contributed by atoms with Crippen LogP contribution in [-0.4, -0.2) is 41.3 Å². The van der Waals surface area contributed by atoms with Gasteiger partial charge >= 0.3 is 0 Å². The number of carbonyl (C=O) groups excluding carboxylic acids is 1. The number of amides is 1. The van der Waals surface area contributed by atoms with E-state index in [2.05, 4.69) is 15.3 Å². The average Bonchev–Trinajstić information content (AvgIpc) is 2.92. The SMILES string of the molecule is CC1(NC(=O)c2ccc3nc[nH]c3c2)CCS(=O)(=O)C1. The van der Waals surface area contributed by atoms with E-state index in [1.165, 1.54) is 0 Å². The molecule has 1 aliphatic rings. The minimum atomic E-state index is -3.04. The van der Waals surface area contributed by atoms with Crippen LogP contribution in [-0.2, 0) is 9.84 Å². The van der Waals surface area contributed by atoms with Crippen LogP contribution in [0.1, 0.15) is 23.7 Å². The summed E-state index contributed by atoms with van der Waals surface area (Å²) in [5.74, 6) is -0.136. The molecule has 0 bridgehead atoms. The van der Waals surface area contributed by atoms with E-state index in [1.807, 2.05) is 0 Å². The molecule has 106 valence electrons. The Labute approximate surface area is 116 Å². The first kappa shape index (κ1) is 13.1. The van der Waals surface area contributed by atoms with Crippen molar-refractivity contribution in [1.29, 1.82) is 0 Å². The standard InChI is InChI=1S/C13H15N3O3S/c1-13(4-5-20(18,19)7-13)16-12(17)9-2-3-10-11(6-9)15-8-14-10/h2-3,6,8H,4-5,7H2,1H3,(H,14,15)(H,16,17). The van der Waals surface area contributed by atoms with Gasteiger partial charge in [0.1, 0.15) is 0 Å². The lowest BCUT2D eigenvalue weighted by atomic mass is 10.0. The molecule has 20 heavy (non-hydrogen) atoms. The molecule has 1 atom stereocenters. The van der Waals surface area contributed by atoms with E-state index >= 15 is 0 Å². The van der Waals surface area contributed by atoms with Crippen molar-refractivity contribution >= 4 is 26.8 Å². The molecule has 1 aliphatic heterocycles. The Balaban J connectivity index is 1.82. The van der Waals surface area contributed by atoms with Crippen molar-refractivity contribution in [2.45, 2.75) is 18.9 Å². The monoisotopic (exact) mass is 293 g/mol. The van der Waals surface area contributed by atoms with E-state index in [9.17, 15) is 13.2 Å². The van der Waals surface area contributed by atoms with E-state index in [0.717, 1.165) is 11.0 Å². The van der Waals surface area contributed by atoms with Crippen LogP contribution in [0, 0.1) is 0 Å². The Kier molecular flexibility index (Phi) is 2.82. The van der Waals surface area contributed by atoms with Crippen LogP contribution in [0.4, 0.5) is 0 Å². The quantitative estimate of drug-likeness (QED) is 0.859. The number of hydrogen-bond acceptors (Lipinski definition) is 4. The molecule has 1 saturated heterocycles. The Morgan fingerprint density at radius 2 is 2.25 bits per heavy atom. The molecule has 0 aliphatic carbocycles. The van der Waals surface area contributed by atoms with Crippen LogP contribution < -0.4 is 5.32 Å². The van der Waals surface area contributed by atoms with E-state index < -0.39 is 15.4 Å². The van der Waals surface area contributed by atoms with Gasteiger partial charge in [-0.15, -0.1) is 0 Å². The second kappa shape index (κ2) is 4.31. The molecule has 6 nitrogen and oxygen atoms in total. The van der Waals surface area contributed by atoms with Gasteiger partial charge in [-0.05, 0) is 31.5 Å². The predicted molar refractivity (Wildman–Crippen MR) is 75.2 cm³/mol. The lowest BCUT2D eigenvalue weighted by Gasteiger charge is -2.23. The van der Waals surface area contributed by atoms with Gasteiger partial charge in [0.25, 0.3) is 5.91 Å². The van der Waals surface area contributed by atoms with Crippen LogP contribution in [0.5, 0.6) is 0 Å². The van der Waals surface area contributed by atoms with Crippen molar-refractivity contribution in [3.63, 3.8) is 0 Å². The summed E-state index contributed by atoms with van der Waals surface area (Å²) in [7, 11) is -3.04. The predicted octanol–water partition coefficient (Wildman–Crippen LogP) is 0.870. The summed E-state index contributed by atoms with van der Waals surface area (Å²) in [6.07, 6.45) is 2.02. The number of H-pyrrole nitrogens is 1. The Bertz CT molecular complexity index is 781. The van der Waals surface area contributed by atoms with E-state index in [0.29, 0.717) is 12.0 Å². The summed E-state index contributed by atoms with van der Waals surface area (Å²) in [6.45, 7) is 1.77. The van der Waals surface area contributed by atoms with Crippen molar-refractivity contribution in [2.24, 2.45) is 0 Å². The number of aromatic nitrogens is 2. The number of nitrogens with one attached hydrogen (secondary N) is 2. The van der Waals surface area contributed by atoms with Crippen molar-refractivity contribution in [3.05, 3.63) is 30.1 Å². The largest absolute Gasteiger partial charge is 0.346 e. The number of rotatable bonds is 2. The minimum absolute atomic E-state index is 0.00194. The van der Waals surface area contributed by atoms with Crippen molar-refractivity contribution in [1.82, 2.24) is 15.3 Å². The summed E-state index contributed by atoms with van der Waals surface area (Å²) in [4.78, 5) is 19.3. The molecule has 7 heteroatoms. The van der Waals surface area contributed by atoms with Crippen LogP contribution >= 0.6 is 0 Å². The van der Waals surface area contributed by atoms with Gasteiger partial charge in [-0.1, -0.05) is 0 Å². The van der Waals surface area contributed by atoms with E-state index in [4.69, 9.17) is 0 Å². The summed E-state index contributed by atoms with van der Waals surface area (Å²) in [5.41, 5.74) is 1.38. The third kappa shape index (κ3) is 2.40. The summed E-state index contributed by atoms with van der Waals surface area (Å²) < 4.78 is 23.1. The molecule has 3 rings (SSSR count). The zero-order chi connectivity index (χ0) is 14.4. The maximum absolute atomic E-state index is 12.2. The summed E-state index contributed by atoms with van der Waals surface area (Å²) in [5, 5.41) is 2.83. The Morgan fingerprint density at radius 3 is 2.95 bits per heavy atom. The first-order valence-electron chi connectivity index (χ1n) is 6.33. The topological polar surface area (TPSA) is 91.9 Å². The van der Waals surface area contributed by atoms with Gasteiger partial charge in [0.05, 0.1) is 34.4 Å². The highest BCUT2D eigenvalue weighted by Crippen LogP contribution is 2.23. The van der Waals surface area contributed by atoms with E-state index in [1.54, 1.807) is 31.5 Å². The maximum Gasteiger partial charge on any atom is 0.251 e. The van der Waals surface area contributed by atoms with Gasteiger partial charge in [0, 0.05) is 5.56 Å². The molecule has 1 fully saturated rings. The maximum atomic E-state index is 12.2. The van der Waals surface area contributed by atoms with Gasteiger partial charge in [-0.2, -0.15) is 0 Å². The number of imidazole rings is 1. The molecule has 2 aromatic rings. The highest BCUT2D eigenvalue weighted by molar-refractivity contribution is 7.91. The van der Waals surface area contributed by atoms with Gasteiger partial charge in [-0.3, -0.25) is 4.79 Å². The third-order valence-corrected chi connectivity index (χ3v) is 5.50. The molecule has 2 N–H and O–H groups in total. The number of aromatic amines is 1. The van der Waals surface area contributed by atoms with Crippen LogP contribution in [0.15, 0.2) is 24.5 Å². The zero-order valence-electron chi connectivity index (χ0n) is 11.0. The molecule has 1 aromatic heterocycles. The zero-order valence-corrected chi connectivity index (χ0v) is 11.8. The first-order chi connectivity index (χ1) is 9.37. The van der Waals surface area contributed by atoms with Crippen molar-refractivity contribution in [3.8, 4) is 0 Å². The Hall–Kier alpha value is -1.89. The number of carbonyl (C=O) groups is 1. The van der Waals surface area contributed by atoms with Crippen LogP contribution in [0.3, 0.4) is 0 Å². The molecule has 1 unspecified atom stereocenters. The van der Waals surface area contributed by atoms with Gasteiger partial charge in [0.2, 0.25) is 0 Å². The highest BCUT2D eigenvalue weighted by atomic mass is 32.2. The Morgan fingerprint density at radius 1 is 1.45 bits per heavy atom.